The van der Waals surface area contributed by atoms with Crippen LogP contribution in [0.1, 0.15) is 40.5 Å². The van der Waals surface area contributed by atoms with Crippen LogP contribution in [-0.4, -0.2) is 19.3 Å². The second-order valence-electron chi connectivity index (χ2n) is 6.58. The lowest BCUT2D eigenvalue weighted by atomic mass is 9.95. The van der Waals surface area contributed by atoms with E-state index in [1.807, 2.05) is 12.1 Å². The monoisotopic (exact) mass is 311 g/mol. The minimum atomic E-state index is 0.421. The molecule has 1 N–H and O–H groups in total. The van der Waals surface area contributed by atoms with E-state index in [9.17, 15) is 0 Å². The lowest BCUT2D eigenvalue weighted by molar-refractivity contribution is 0.171. The van der Waals surface area contributed by atoms with Crippen molar-refractivity contribution in [3.05, 3.63) is 17.2 Å². The average Bonchev–Trinajstić information content (AvgIpc) is 2.38. The van der Waals surface area contributed by atoms with Crippen LogP contribution in [0.5, 0.6) is 11.5 Å². The van der Waals surface area contributed by atoms with Crippen molar-refractivity contribution in [3.8, 4) is 11.5 Å². The van der Waals surface area contributed by atoms with Crippen LogP contribution in [0.2, 0.25) is 5.02 Å². The van der Waals surface area contributed by atoms with Gasteiger partial charge in [-0.2, -0.15) is 0 Å². The molecule has 0 bridgehead atoms. The second kappa shape index (κ2) is 7.26. The van der Waals surface area contributed by atoms with Crippen molar-refractivity contribution >= 4 is 17.3 Å². The average molecular weight is 312 g/mol. The van der Waals surface area contributed by atoms with Crippen LogP contribution in [0, 0.1) is 11.8 Å². The first-order valence-electron chi connectivity index (χ1n) is 7.81. The van der Waals surface area contributed by atoms with Crippen LogP contribution in [-0.2, 0) is 0 Å². The first kappa shape index (κ1) is 16.3. The molecule has 0 aliphatic carbocycles. The van der Waals surface area contributed by atoms with Crippen LogP contribution in [0.15, 0.2) is 12.1 Å². The van der Waals surface area contributed by atoms with E-state index >= 15 is 0 Å². The molecule has 1 heterocycles. The van der Waals surface area contributed by atoms with Gasteiger partial charge in [-0.1, -0.05) is 39.3 Å². The molecule has 0 saturated carbocycles. The molecule has 0 spiro atoms. The van der Waals surface area contributed by atoms with E-state index in [4.69, 9.17) is 21.1 Å². The highest BCUT2D eigenvalue weighted by molar-refractivity contribution is 6.33. The molecule has 118 valence electrons. The lowest BCUT2D eigenvalue weighted by Gasteiger charge is -2.26. The van der Waals surface area contributed by atoms with Crippen LogP contribution in [0.25, 0.3) is 0 Å². The molecule has 0 unspecified atom stereocenters. The van der Waals surface area contributed by atoms with Crippen molar-refractivity contribution in [3.63, 3.8) is 0 Å². The predicted octanol–water partition coefficient (Wildman–Crippen LogP) is 4.98. The Morgan fingerprint density at radius 3 is 2.05 bits per heavy atom. The van der Waals surface area contributed by atoms with Gasteiger partial charge in [0, 0.05) is 18.2 Å². The maximum Gasteiger partial charge on any atom is 0.163 e. The topological polar surface area (TPSA) is 30.5 Å². The van der Waals surface area contributed by atoms with Crippen molar-refractivity contribution < 1.29 is 9.47 Å². The van der Waals surface area contributed by atoms with Crippen LogP contribution in [0.4, 0.5) is 5.69 Å². The van der Waals surface area contributed by atoms with Crippen LogP contribution < -0.4 is 14.8 Å². The fourth-order valence-electron chi connectivity index (χ4n) is 2.75. The second-order valence-corrected chi connectivity index (χ2v) is 6.98. The maximum atomic E-state index is 6.38. The normalized spacial score (nSPS) is 14.1. The molecule has 21 heavy (non-hydrogen) atoms. The number of halogens is 1. The van der Waals surface area contributed by atoms with E-state index in [1.165, 1.54) is 0 Å². The van der Waals surface area contributed by atoms with Gasteiger partial charge in [0.2, 0.25) is 0 Å². The Bertz CT molecular complexity index is 464. The van der Waals surface area contributed by atoms with Gasteiger partial charge < -0.3 is 14.8 Å². The largest absolute Gasteiger partial charge is 0.486 e. The highest BCUT2D eigenvalue weighted by Crippen LogP contribution is 2.38. The Morgan fingerprint density at radius 2 is 1.52 bits per heavy atom. The summed E-state index contributed by atoms with van der Waals surface area (Å²) in [5.41, 5.74) is 0.937. The number of hydrogen-bond donors (Lipinski definition) is 1. The number of ether oxygens (including phenoxy) is 2. The molecule has 1 aliphatic rings. The standard InChI is InChI=1S/C17H26ClNO2/c1-11(2)7-13(8-12(3)4)19-15-10-17-16(9-14(15)18)20-5-6-21-17/h9-13,19H,5-8H2,1-4H3. The zero-order chi connectivity index (χ0) is 15.4. The highest BCUT2D eigenvalue weighted by Gasteiger charge is 2.18. The molecular weight excluding hydrogens is 286 g/mol. The molecule has 1 aromatic rings. The maximum absolute atomic E-state index is 6.38. The molecule has 0 aromatic heterocycles. The molecule has 0 radical (unpaired) electrons. The number of anilines is 1. The summed E-state index contributed by atoms with van der Waals surface area (Å²) in [4.78, 5) is 0. The van der Waals surface area contributed by atoms with Crippen molar-refractivity contribution in [2.24, 2.45) is 11.8 Å². The first-order chi connectivity index (χ1) is 9.95. The first-order valence-corrected chi connectivity index (χ1v) is 8.19. The smallest absolute Gasteiger partial charge is 0.163 e. The third-order valence-electron chi connectivity index (χ3n) is 3.50. The number of hydrogen-bond acceptors (Lipinski definition) is 3. The Labute approximate surface area is 133 Å². The molecule has 2 rings (SSSR count). The number of rotatable bonds is 6. The number of fused-ring (bicyclic) bond motifs is 1. The van der Waals surface area contributed by atoms with E-state index < -0.39 is 0 Å². The van der Waals surface area contributed by atoms with E-state index in [1.54, 1.807) is 0 Å². The SMILES string of the molecule is CC(C)CC(CC(C)C)Nc1cc2c(cc1Cl)OCCO2. The summed E-state index contributed by atoms with van der Waals surface area (Å²) >= 11 is 6.38. The summed E-state index contributed by atoms with van der Waals surface area (Å²) in [5.74, 6) is 2.82. The zero-order valence-electron chi connectivity index (χ0n) is 13.4. The van der Waals surface area contributed by atoms with Gasteiger partial charge in [-0.25, -0.2) is 0 Å². The van der Waals surface area contributed by atoms with Crippen molar-refractivity contribution in [1.82, 2.24) is 0 Å². The van der Waals surface area contributed by atoms with Gasteiger partial charge in [0.05, 0.1) is 10.7 Å². The van der Waals surface area contributed by atoms with Crippen molar-refractivity contribution in [1.29, 1.82) is 0 Å². The summed E-state index contributed by atoms with van der Waals surface area (Å²) in [6.45, 7) is 10.2. The number of nitrogens with one attached hydrogen (secondary N) is 1. The van der Waals surface area contributed by atoms with Gasteiger partial charge >= 0.3 is 0 Å². The third-order valence-corrected chi connectivity index (χ3v) is 3.82. The molecule has 1 aliphatic heterocycles. The third kappa shape index (κ3) is 4.70. The minimum absolute atomic E-state index is 0.421. The molecule has 0 fully saturated rings. The summed E-state index contributed by atoms with van der Waals surface area (Å²) in [6.07, 6.45) is 2.26. The Balaban J connectivity index is 2.15. The van der Waals surface area contributed by atoms with Crippen LogP contribution >= 0.6 is 11.6 Å². The van der Waals surface area contributed by atoms with E-state index in [2.05, 4.69) is 33.0 Å². The Kier molecular flexibility index (Phi) is 5.63. The molecule has 4 heteroatoms. The summed E-state index contributed by atoms with van der Waals surface area (Å²) in [7, 11) is 0. The van der Waals surface area contributed by atoms with Crippen molar-refractivity contribution in [2.75, 3.05) is 18.5 Å². The van der Waals surface area contributed by atoms with Gasteiger partial charge in [-0.15, -0.1) is 0 Å². The molecule has 1 aromatic carbocycles. The summed E-state index contributed by atoms with van der Waals surface area (Å²) in [5, 5.41) is 4.28. The number of benzene rings is 1. The minimum Gasteiger partial charge on any atom is -0.486 e. The summed E-state index contributed by atoms with van der Waals surface area (Å²) in [6, 6.07) is 4.23. The van der Waals surface area contributed by atoms with Gasteiger partial charge in [-0.3, -0.25) is 0 Å². The van der Waals surface area contributed by atoms with Crippen LogP contribution in [0.3, 0.4) is 0 Å². The van der Waals surface area contributed by atoms with Gasteiger partial charge in [-0.05, 0) is 24.7 Å². The highest BCUT2D eigenvalue weighted by atomic mass is 35.5. The quantitative estimate of drug-likeness (QED) is 0.803. The van der Waals surface area contributed by atoms with Gasteiger partial charge in [0.15, 0.2) is 11.5 Å². The molecular formula is C17H26ClNO2. The molecule has 3 nitrogen and oxygen atoms in total. The van der Waals surface area contributed by atoms with Gasteiger partial charge in [0.25, 0.3) is 0 Å². The molecule has 0 atom stereocenters. The lowest BCUT2D eigenvalue weighted by Crippen LogP contribution is -2.24. The summed E-state index contributed by atoms with van der Waals surface area (Å²) < 4.78 is 11.2. The fraction of sp³-hybridized carbons (Fsp3) is 0.647. The Morgan fingerprint density at radius 1 is 1.00 bits per heavy atom. The molecule has 0 saturated heterocycles. The van der Waals surface area contributed by atoms with Crippen molar-refractivity contribution in [2.45, 2.75) is 46.6 Å². The molecule has 0 amide bonds. The fourth-order valence-corrected chi connectivity index (χ4v) is 2.95. The van der Waals surface area contributed by atoms with Gasteiger partial charge in [0.1, 0.15) is 13.2 Å². The zero-order valence-corrected chi connectivity index (χ0v) is 14.2. The van der Waals surface area contributed by atoms with E-state index in [-0.39, 0.29) is 0 Å². The van der Waals surface area contributed by atoms with E-state index in [0.717, 1.165) is 30.0 Å². The Hall–Kier alpha value is -1.09. The van der Waals surface area contributed by atoms with E-state index in [0.29, 0.717) is 36.1 Å². The predicted molar refractivity (Wildman–Crippen MR) is 88.8 cm³/mol.